The van der Waals surface area contributed by atoms with Gasteiger partial charge in [0.25, 0.3) is 5.56 Å². The van der Waals surface area contributed by atoms with Gasteiger partial charge in [-0.1, -0.05) is 30.3 Å². The Bertz CT molecular complexity index is 1170. The average molecular weight is 391 g/mol. The van der Waals surface area contributed by atoms with E-state index in [0.29, 0.717) is 11.9 Å². The van der Waals surface area contributed by atoms with Crippen LogP contribution >= 0.6 is 11.3 Å². The molecule has 0 saturated carbocycles. The van der Waals surface area contributed by atoms with E-state index in [1.807, 2.05) is 23.6 Å². The first-order chi connectivity index (χ1) is 13.7. The van der Waals surface area contributed by atoms with Gasteiger partial charge in [0.2, 0.25) is 0 Å². The minimum absolute atomic E-state index is 0.0408. The van der Waals surface area contributed by atoms with Crippen LogP contribution in [0.4, 0.5) is 0 Å². The molecule has 28 heavy (non-hydrogen) atoms. The van der Waals surface area contributed by atoms with Gasteiger partial charge < -0.3 is 0 Å². The van der Waals surface area contributed by atoms with E-state index in [0.717, 1.165) is 47.2 Å². The number of likely N-dealkylation sites (N-methyl/N-ethyl adjacent to an activating group) is 1. The highest BCUT2D eigenvalue weighted by molar-refractivity contribution is 7.17. The van der Waals surface area contributed by atoms with Gasteiger partial charge in [-0.2, -0.15) is 0 Å². The number of aromatic nitrogens is 3. The highest BCUT2D eigenvalue weighted by atomic mass is 32.1. The first-order valence-electron chi connectivity index (χ1n) is 9.60. The van der Waals surface area contributed by atoms with Gasteiger partial charge in [0.05, 0.1) is 0 Å². The van der Waals surface area contributed by atoms with Crippen LogP contribution in [-0.2, 0) is 19.4 Å². The molecule has 0 amide bonds. The van der Waals surface area contributed by atoms with Gasteiger partial charge in [-0.15, -0.1) is 11.3 Å². The lowest BCUT2D eigenvalue weighted by Crippen LogP contribution is -2.37. The van der Waals surface area contributed by atoms with Gasteiger partial charge >= 0.3 is 0 Å². The van der Waals surface area contributed by atoms with Crippen molar-refractivity contribution in [3.8, 4) is 5.82 Å². The summed E-state index contributed by atoms with van der Waals surface area (Å²) < 4.78 is 2.78. The zero-order chi connectivity index (χ0) is 19.1. The monoisotopic (exact) mass is 390 g/mol. The molecule has 1 unspecified atom stereocenters. The third kappa shape index (κ3) is 2.99. The number of H-pyrrole nitrogens is 1. The second kappa shape index (κ2) is 7.04. The maximum absolute atomic E-state index is 13.2. The Morgan fingerprint density at radius 2 is 2.11 bits per heavy atom. The summed E-state index contributed by atoms with van der Waals surface area (Å²) >= 11 is 1.67. The molecule has 0 radical (unpaired) electrons. The summed E-state index contributed by atoms with van der Waals surface area (Å²) in [5.74, 6) is 0.701. The molecule has 1 N–H and O–H groups in total. The Labute approximate surface area is 167 Å². The van der Waals surface area contributed by atoms with Crippen LogP contribution in [0.2, 0.25) is 0 Å². The molecule has 0 bridgehead atoms. The molecule has 1 atom stereocenters. The Kier molecular flexibility index (Phi) is 4.37. The molecule has 3 heterocycles. The standard InChI is InChI=1S/C22H22N4OS/c1-25(14-15-5-3-2-4-6-15)16-7-8-19-18(13-16)22(27)26(24-19)21-17-10-12-28-20(17)9-11-23-21/h2-6,9-12,16,24H,7-8,13-14H2,1H3. The Morgan fingerprint density at radius 1 is 1.25 bits per heavy atom. The van der Waals surface area contributed by atoms with Crippen LogP contribution in [-0.4, -0.2) is 32.8 Å². The van der Waals surface area contributed by atoms with E-state index in [1.165, 1.54) is 5.56 Å². The summed E-state index contributed by atoms with van der Waals surface area (Å²) in [6.07, 6.45) is 4.49. The fourth-order valence-electron chi connectivity index (χ4n) is 4.17. The molecule has 1 aromatic carbocycles. The smallest absolute Gasteiger partial charge is 0.276 e. The third-order valence-electron chi connectivity index (χ3n) is 5.71. The number of fused-ring (bicyclic) bond motifs is 2. The molecule has 6 heteroatoms. The van der Waals surface area contributed by atoms with Crippen molar-refractivity contribution in [3.63, 3.8) is 0 Å². The lowest BCUT2D eigenvalue weighted by atomic mass is 9.92. The number of nitrogens with zero attached hydrogens (tertiary/aromatic N) is 3. The molecule has 4 aromatic rings. The van der Waals surface area contributed by atoms with E-state index in [9.17, 15) is 4.79 Å². The van der Waals surface area contributed by atoms with E-state index in [1.54, 1.807) is 22.2 Å². The number of benzene rings is 1. The van der Waals surface area contributed by atoms with Crippen molar-refractivity contribution in [2.24, 2.45) is 0 Å². The largest absolute Gasteiger partial charge is 0.299 e. The molecule has 3 aromatic heterocycles. The van der Waals surface area contributed by atoms with Crippen molar-refractivity contribution < 1.29 is 0 Å². The Hall–Kier alpha value is -2.70. The molecule has 0 saturated heterocycles. The van der Waals surface area contributed by atoms with Gasteiger partial charge in [-0.3, -0.25) is 14.8 Å². The normalized spacial score (nSPS) is 16.6. The first kappa shape index (κ1) is 17.4. The van der Waals surface area contributed by atoms with Gasteiger partial charge in [0.15, 0.2) is 5.82 Å². The maximum Gasteiger partial charge on any atom is 0.276 e. The highest BCUT2D eigenvalue weighted by Crippen LogP contribution is 2.26. The van der Waals surface area contributed by atoms with Crippen molar-refractivity contribution in [3.05, 3.63) is 81.2 Å². The maximum atomic E-state index is 13.2. The zero-order valence-corrected chi connectivity index (χ0v) is 16.6. The second-order valence-corrected chi connectivity index (χ2v) is 8.42. The second-order valence-electron chi connectivity index (χ2n) is 7.47. The first-order valence-corrected chi connectivity index (χ1v) is 10.5. The number of hydrogen-bond donors (Lipinski definition) is 1. The van der Waals surface area contributed by atoms with Crippen LogP contribution in [0.5, 0.6) is 0 Å². The number of hydrogen-bond acceptors (Lipinski definition) is 4. The minimum atomic E-state index is 0.0408. The molecule has 5 rings (SSSR count). The fourth-order valence-corrected chi connectivity index (χ4v) is 4.94. The van der Waals surface area contributed by atoms with Crippen molar-refractivity contribution in [2.75, 3.05) is 7.05 Å². The summed E-state index contributed by atoms with van der Waals surface area (Å²) in [4.78, 5) is 20.0. The molecule has 0 fully saturated rings. The molecule has 0 spiro atoms. The van der Waals surface area contributed by atoms with Crippen molar-refractivity contribution >= 4 is 21.4 Å². The van der Waals surface area contributed by atoms with Gasteiger partial charge in [0.1, 0.15) is 0 Å². The number of pyridine rings is 1. The molecule has 142 valence electrons. The zero-order valence-electron chi connectivity index (χ0n) is 15.8. The van der Waals surface area contributed by atoms with E-state index in [2.05, 4.69) is 46.3 Å². The lowest BCUT2D eigenvalue weighted by Gasteiger charge is -2.30. The van der Waals surface area contributed by atoms with Gasteiger partial charge in [-0.25, -0.2) is 9.67 Å². The number of thiophene rings is 1. The molecular weight excluding hydrogens is 368 g/mol. The predicted molar refractivity (Wildman–Crippen MR) is 113 cm³/mol. The number of nitrogens with one attached hydrogen (secondary N) is 1. The third-order valence-corrected chi connectivity index (χ3v) is 6.59. The van der Waals surface area contributed by atoms with Crippen molar-refractivity contribution in [2.45, 2.75) is 31.8 Å². The summed E-state index contributed by atoms with van der Waals surface area (Å²) in [6.45, 7) is 0.898. The van der Waals surface area contributed by atoms with Crippen LogP contribution < -0.4 is 5.56 Å². The summed E-state index contributed by atoms with van der Waals surface area (Å²) in [5, 5.41) is 6.40. The van der Waals surface area contributed by atoms with Crippen molar-refractivity contribution in [1.82, 2.24) is 19.7 Å². The molecule has 5 nitrogen and oxygen atoms in total. The van der Waals surface area contributed by atoms with Crippen LogP contribution in [0, 0.1) is 0 Å². The summed E-state index contributed by atoms with van der Waals surface area (Å²) in [7, 11) is 2.15. The van der Waals surface area contributed by atoms with E-state index in [4.69, 9.17) is 0 Å². The molecule has 1 aliphatic carbocycles. The van der Waals surface area contributed by atoms with Crippen LogP contribution in [0.1, 0.15) is 23.2 Å². The molecule has 1 aliphatic rings. The van der Waals surface area contributed by atoms with Gasteiger partial charge in [-0.05, 0) is 49.4 Å². The summed E-state index contributed by atoms with van der Waals surface area (Å²) in [5.41, 5.74) is 3.31. The molecule has 0 aliphatic heterocycles. The topological polar surface area (TPSA) is 53.9 Å². The number of rotatable bonds is 4. The van der Waals surface area contributed by atoms with Gasteiger partial charge in [0, 0.05) is 40.1 Å². The number of aryl methyl sites for hydroxylation is 1. The van der Waals surface area contributed by atoms with Crippen LogP contribution in [0.25, 0.3) is 15.9 Å². The average Bonchev–Trinajstić information content (AvgIpc) is 3.33. The summed E-state index contributed by atoms with van der Waals surface area (Å²) in [6, 6.07) is 14.9. The van der Waals surface area contributed by atoms with Crippen molar-refractivity contribution in [1.29, 1.82) is 0 Å². The minimum Gasteiger partial charge on any atom is -0.299 e. The SMILES string of the molecule is CN(Cc1ccccc1)C1CCc2[nH]n(-c3nccc4sccc34)c(=O)c2C1. The van der Waals surface area contributed by atoms with Crippen LogP contribution in [0.3, 0.4) is 0 Å². The van der Waals surface area contributed by atoms with Crippen LogP contribution in [0.15, 0.2) is 58.8 Å². The Morgan fingerprint density at radius 3 is 2.96 bits per heavy atom. The number of aromatic amines is 1. The van der Waals surface area contributed by atoms with E-state index in [-0.39, 0.29) is 5.56 Å². The predicted octanol–water partition coefficient (Wildman–Crippen LogP) is 3.76. The molecular formula is C22H22N4OS. The highest BCUT2D eigenvalue weighted by Gasteiger charge is 2.27. The van der Waals surface area contributed by atoms with E-state index >= 15 is 0 Å². The van der Waals surface area contributed by atoms with E-state index < -0.39 is 0 Å². The fraction of sp³-hybridized carbons (Fsp3) is 0.273. The lowest BCUT2D eigenvalue weighted by molar-refractivity contribution is 0.213. The Balaban J connectivity index is 1.44. The quantitative estimate of drug-likeness (QED) is 0.577.